The van der Waals surface area contributed by atoms with Crippen LogP contribution in [0.5, 0.6) is 5.75 Å². The second-order valence-electron chi connectivity index (χ2n) is 4.33. The summed E-state index contributed by atoms with van der Waals surface area (Å²) in [7, 11) is 0. The lowest BCUT2D eigenvalue weighted by atomic mass is 10.3. The van der Waals surface area contributed by atoms with E-state index < -0.39 is 5.82 Å². The van der Waals surface area contributed by atoms with Crippen LogP contribution in [0.15, 0.2) is 36.5 Å². The van der Waals surface area contributed by atoms with E-state index in [9.17, 15) is 4.39 Å². The zero-order chi connectivity index (χ0) is 14.4. The van der Waals surface area contributed by atoms with Crippen molar-refractivity contribution in [1.29, 1.82) is 0 Å². The quantitative estimate of drug-likeness (QED) is 0.863. The molecule has 0 amide bonds. The molecule has 0 saturated heterocycles. The molecule has 1 heterocycles. The van der Waals surface area contributed by atoms with Crippen molar-refractivity contribution in [1.82, 2.24) is 4.98 Å². The molecule has 3 nitrogen and oxygen atoms in total. The number of pyridine rings is 1. The third-order valence-corrected chi connectivity index (χ3v) is 2.96. The first-order chi connectivity index (χ1) is 9.69. The normalized spacial score (nSPS) is 10.3. The van der Waals surface area contributed by atoms with Crippen molar-refractivity contribution in [2.45, 2.75) is 20.0 Å². The Balaban J connectivity index is 1.97. The van der Waals surface area contributed by atoms with E-state index in [4.69, 9.17) is 16.3 Å². The van der Waals surface area contributed by atoms with Gasteiger partial charge in [-0.1, -0.05) is 18.5 Å². The molecule has 1 aromatic carbocycles. The zero-order valence-corrected chi connectivity index (χ0v) is 12.0. The Morgan fingerprint density at radius 3 is 2.90 bits per heavy atom. The smallest absolute Gasteiger partial charge is 0.142 e. The number of nitrogens with one attached hydrogen (secondary N) is 1. The fourth-order valence-electron chi connectivity index (χ4n) is 1.66. The highest BCUT2D eigenvalue weighted by Crippen LogP contribution is 2.22. The molecule has 0 aliphatic carbocycles. The van der Waals surface area contributed by atoms with Gasteiger partial charge < -0.3 is 10.1 Å². The highest BCUT2D eigenvalue weighted by atomic mass is 35.5. The van der Waals surface area contributed by atoms with Gasteiger partial charge in [-0.25, -0.2) is 4.39 Å². The van der Waals surface area contributed by atoms with Crippen LogP contribution >= 0.6 is 11.6 Å². The van der Waals surface area contributed by atoms with Gasteiger partial charge in [0.2, 0.25) is 0 Å². The molecule has 0 bridgehead atoms. The zero-order valence-electron chi connectivity index (χ0n) is 11.2. The van der Waals surface area contributed by atoms with Crippen molar-refractivity contribution < 1.29 is 9.13 Å². The average molecular weight is 295 g/mol. The highest BCUT2D eigenvalue weighted by molar-refractivity contribution is 6.30. The third-order valence-electron chi connectivity index (χ3n) is 2.67. The van der Waals surface area contributed by atoms with Crippen molar-refractivity contribution in [3.05, 3.63) is 53.1 Å². The summed E-state index contributed by atoms with van der Waals surface area (Å²) < 4.78 is 18.6. The molecule has 106 valence electrons. The Hall–Kier alpha value is -1.81. The molecule has 1 N–H and O–H groups in total. The first-order valence-electron chi connectivity index (χ1n) is 6.45. The number of benzene rings is 1. The maximum absolute atomic E-state index is 13.0. The fourth-order valence-corrected chi connectivity index (χ4v) is 1.83. The number of rotatable bonds is 6. The lowest BCUT2D eigenvalue weighted by Gasteiger charge is -2.09. The molecule has 0 fully saturated rings. The molecule has 0 atom stereocenters. The molecule has 0 aliphatic heterocycles. The van der Waals surface area contributed by atoms with E-state index in [-0.39, 0.29) is 5.02 Å². The summed E-state index contributed by atoms with van der Waals surface area (Å²) in [6.45, 7) is 3.33. The van der Waals surface area contributed by atoms with Crippen molar-refractivity contribution >= 4 is 17.3 Å². The Morgan fingerprint density at radius 1 is 1.30 bits per heavy atom. The first-order valence-corrected chi connectivity index (χ1v) is 6.83. The average Bonchev–Trinajstić information content (AvgIpc) is 2.47. The van der Waals surface area contributed by atoms with E-state index in [0.717, 1.165) is 24.3 Å². The molecule has 0 aliphatic rings. The van der Waals surface area contributed by atoms with Crippen molar-refractivity contribution in [3.8, 4) is 5.75 Å². The van der Waals surface area contributed by atoms with Gasteiger partial charge in [0.25, 0.3) is 0 Å². The third kappa shape index (κ3) is 4.10. The van der Waals surface area contributed by atoms with Crippen LogP contribution in [0.3, 0.4) is 0 Å². The van der Waals surface area contributed by atoms with Crippen LogP contribution in [0.4, 0.5) is 10.1 Å². The van der Waals surface area contributed by atoms with E-state index in [0.29, 0.717) is 12.4 Å². The minimum absolute atomic E-state index is 0.0498. The summed E-state index contributed by atoms with van der Waals surface area (Å²) in [6, 6.07) is 8.12. The molecule has 0 spiro atoms. The number of halogens is 2. The summed E-state index contributed by atoms with van der Waals surface area (Å²) >= 11 is 5.70. The van der Waals surface area contributed by atoms with Crippen LogP contribution in [0.1, 0.15) is 19.0 Å². The van der Waals surface area contributed by atoms with Gasteiger partial charge in [0.15, 0.2) is 0 Å². The Morgan fingerprint density at radius 2 is 2.15 bits per heavy atom. The first kappa shape index (κ1) is 14.6. The number of anilines is 1. The van der Waals surface area contributed by atoms with Gasteiger partial charge in [0, 0.05) is 24.5 Å². The molecule has 5 heteroatoms. The van der Waals surface area contributed by atoms with E-state index in [1.165, 1.54) is 12.1 Å². The lowest BCUT2D eigenvalue weighted by molar-refractivity contribution is 0.301. The molecule has 2 aromatic rings. The van der Waals surface area contributed by atoms with Gasteiger partial charge in [-0.3, -0.25) is 4.98 Å². The van der Waals surface area contributed by atoms with Crippen LogP contribution in [0.2, 0.25) is 5.02 Å². The van der Waals surface area contributed by atoms with Gasteiger partial charge in [-0.05, 0) is 30.7 Å². The molecule has 0 saturated carbocycles. The Bertz CT molecular complexity index is 578. The fraction of sp³-hybridized carbons (Fsp3) is 0.267. The van der Waals surface area contributed by atoms with Crippen LogP contribution < -0.4 is 10.1 Å². The van der Waals surface area contributed by atoms with Gasteiger partial charge >= 0.3 is 0 Å². The maximum Gasteiger partial charge on any atom is 0.142 e. The highest BCUT2D eigenvalue weighted by Gasteiger charge is 2.03. The van der Waals surface area contributed by atoms with Crippen LogP contribution in [-0.2, 0) is 6.61 Å². The SMILES string of the molecule is CCCNc1ccnc(COc2ccc(F)c(Cl)c2)c1. The molecular formula is C15H16ClFN2O. The van der Waals surface area contributed by atoms with Gasteiger partial charge in [0.1, 0.15) is 18.2 Å². The van der Waals surface area contributed by atoms with E-state index in [2.05, 4.69) is 17.2 Å². The van der Waals surface area contributed by atoms with Crippen LogP contribution in [-0.4, -0.2) is 11.5 Å². The predicted molar refractivity (Wildman–Crippen MR) is 78.8 cm³/mol. The van der Waals surface area contributed by atoms with Crippen LogP contribution in [0, 0.1) is 5.82 Å². The van der Waals surface area contributed by atoms with E-state index in [1.807, 2.05) is 12.1 Å². The summed E-state index contributed by atoms with van der Waals surface area (Å²) in [4.78, 5) is 4.23. The number of ether oxygens (including phenoxy) is 1. The van der Waals surface area contributed by atoms with E-state index >= 15 is 0 Å². The second-order valence-corrected chi connectivity index (χ2v) is 4.73. The summed E-state index contributed by atoms with van der Waals surface area (Å²) in [5.74, 6) is 0.0630. The molecule has 0 radical (unpaired) electrons. The van der Waals surface area contributed by atoms with E-state index in [1.54, 1.807) is 12.3 Å². The van der Waals surface area contributed by atoms with Crippen LogP contribution in [0.25, 0.3) is 0 Å². The summed E-state index contributed by atoms with van der Waals surface area (Å²) in [5.41, 5.74) is 1.81. The molecular weight excluding hydrogens is 279 g/mol. The Labute approximate surface area is 122 Å². The molecule has 20 heavy (non-hydrogen) atoms. The number of nitrogens with zero attached hydrogens (tertiary/aromatic N) is 1. The molecule has 1 aromatic heterocycles. The monoisotopic (exact) mass is 294 g/mol. The van der Waals surface area contributed by atoms with Gasteiger partial charge in [-0.2, -0.15) is 0 Å². The molecule has 2 rings (SSSR count). The minimum atomic E-state index is -0.456. The van der Waals surface area contributed by atoms with Gasteiger partial charge in [0.05, 0.1) is 10.7 Å². The topological polar surface area (TPSA) is 34.2 Å². The number of aromatic nitrogens is 1. The van der Waals surface area contributed by atoms with Crippen molar-refractivity contribution in [2.75, 3.05) is 11.9 Å². The minimum Gasteiger partial charge on any atom is -0.487 e. The number of hydrogen-bond acceptors (Lipinski definition) is 3. The van der Waals surface area contributed by atoms with Crippen molar-refractivity contribution in [2.24, 2.45) is 0 Å². The van der Waals surface area contributed by atoms with Gasteiger partial charge in [-0.15, -0.1) is 0 Å². The summed E-state index contributed by atoms with van der Waals surface area (Å²) in [5, 5.41) is 3.33. The maximum atomic E-state index is 13.0. The largest absolute Gasteiger partial charge is 0.487 e. The second kappa shape index (κ2) is 7.10. The predicted octanol–water partition coefficient (Wildman–Crippen LogP) is 4.28. The van der Waals surface area contributed by atoms with Crippen molar-refractivity contribution in [3.63, 3.8) is 0 Å². The Kier molecular flexibility index (Phi) is 5.18. The lowest BCUT2D eigenvalue weighted by Crippen LogP contribution is -2.03. The summed E-state index contributed by atoms with van der Waals surface area (Å²) in [6.07, 6.45) is 2.79. The molecule has 0 unspecified atom stereocenters. The standard InChI is InChI=1S/C15H16ClFN2O/c1-2-6-18-11-5-7-19-12(8-11)10-20-13-3-4-15(17)14(16)9-13/h3-5,7-9H,2,6,10H2,1H3,(H,18,19). The number of hydrogen-bond donors (Lipinski definition) is 1.